The Morgan fingerprint density at radius 2 is 1.83 bits per heavy atom. The van der Waals surface area contributed by atoms with Gasteiger partial charge in [-0.3, -0.25) is 0 Å². The average molecular weight is 256 g/mol. The lowest BCUT2D eigenvalue weighted by molar-refractivity contribution is 0.196. The number of likely N-dealkylation sites (N-methyl/N-ethyl adjacent to an activating group) is 1. The molecule has 0 radical (unpaired) electrons. The van der Waals surface area contributed by atoms with Crippen LogP contribution in [0.1, 0.15) is 32.4 Å². The van der Waals surface area contributed by atoms with Crippen molar-refractivity contribution in [2.24, 2.45) is 11.7 Å². The van der Waals surface area contributed by atoms with E-state index in [1.54, 1.807) is 0 Å². The van der Waals surface area contributed by atoms with Gasteiger partial charge in [0.25, 0.3) is 0 Å². The van der Waals surface area contributed by atoms with E-state index in [1.165, 1.54) is 6.07 Å². The fraction of sp³-hybridized carbons (Fsp3) is 0.571. The van der Waals surface area contributed by atoms with Crippen LogP contribution in [-0.2, 0) is 0 Å². The predicted molar refractivity (Wildman–Crippen MR) is 70.2 cm³/mol. The van der Waals surface area contributed by atoms with Gasteiger partial charge in [-0.15, -0.1) is 0 Å². The highest BCUT2D eigenvalue weighted by Gasteiger charge is 2.19. The molecule has 0 aliphatic carbocycles. The van der Waals surface area contributed by atoms with Crippen molar-refractivity contribution < 1.29 is 8.78 Å². The summed E-state index contributed by atoms with van der Waals surface area (Å²) in [6, 6.07) is 3.22. The molecule has 0 spiro atoms. The molecule has 2 nitrogen and oxygen atoms in total. The number of nitrogens with zero attached hydrogens (tertiary/aromatic N) is 1. The molecular weight excluding hydrogens is 234 g/mol. The molecule has 102 valence electrons. The molecule has 0 heterocycles. The molecule has 0 fully saturated rings. The number of benzene rings is 1. The van der Waals surface area contributed by atoms with Gasteiger partial charge < -0.3 is 10.6 Å². The molecule has 0 saturated heterocycles. The van der Waals surface area contributed by atoms with Gasteiger partial charge in [0.05, 0.1) is 0 Å². The molecule has 0 bridgehead atoms. The van der Waals surface area contributed by atoms with Gasteiger partial charge >= 0.3 is 0 Å². The first-order valence-electron chi connectivity index (χ1n) is 6.23. The fourth-order valence-electron chi connectivity index (χ4n) is 1.88. The van der Waals surface area contributed by atoms with Crippen LogP contribution in [-0.4, -0.2) is 24.5 Å². The van der Waals surface area contributed by atoms with E-state index in [1.807, 2.05) is 7.05 Å². The van der Waals surface area contributed by atoms with Crippen LogP contribution >= 0.6 is 0 Å². The molecule has 2 N–H and O–H groups in total. The second-order valence-electron chi connectivity index (χ2n) is 5.20. The van der Waals surface area contributed by atoms with E-state index in [9.17, 15) is 8.78 Å². The summed E-state index contributed by atoms with van der Waals surface area (Å²) in [7, 11) is 1.95. The van der Waals surface area contributed by atoms with Crippen LogP contribution in [0.15, 0.2) is 18.2 Å². The predicted octanol–water partition coefficient (Wildman–Crippen LogP) is 2.94. The molecule has 0 aliphatic rings. The van der Waals surface area contributed by atoms with Crippen LogP contribution in [0.25, 0.3) is 0 Å². The molecule has 0 aromatic heterocycles. The summed E-state index contributed by atoms with van der Waals surface area (Å²) in [5.41, 5.74) is 6.19. The summed E-state index contributed by atoms with van der Waals surface area (Å²) < 4.78 is 26.7. The van der Waals surface area contributed by atoms with Gasteiger partial charge in [-0.05, 0) is 38.1 Å². The SMILES string of the molecule is CC(C)C(C)N(C)CC(N)c1cc(F)ccc1F. The highest BCUT2D eigenvalue weighted by Crippen LogP contribution is 2.19. The topological polar surface area (TPSA) is 29.3 Å². The van der Waals surface area contributed by atoms with Crippen molar-refractivity contribution in [2.75, 3.05) is 13.6 Å². The molecule has 4 heteroatoms. The van der Waals surface area contributed by atoms with Crippen LogP contribution in [0.3, 0.4) is 0 Å². The Morgan fingerprint density at radius 3 is 2.39 bits per heavy atom. The Labute approximate surface area is 108 Å². The molecule has 1 aromatic carbocycles. The first kappa shape index (κ1) is 15.1. The second kappa shape index (κ2) is 6.25. The van der Waals surface area contributed by atoms with Gasteiger partial charge in [0.1, 0.15) is 11.6 Å². The molecule has 18 heavy (non-hydrogen) atoms. The monoisotopic (exact) mass is 256 g/mol. The third-order valence-corrected chi connectivity index (χ3v) is 3.50. The minimum Gasteiger partial charge on any atom is -0.323 e. The Hall–Kier alpha value is -1.00. The fourth-order valence-corrected chi connectivity index (χ4v) is 1.88. The van der Waals surface area contributed by atoms with Crippen molar-refractivity contribution in [3.63, 3.8) is 0 Å². The van der Waals surface area contributed by atoms with Crippen LogP contribution in [0.4, 0.5) is 8.78 Å². The summed E-state index contributed by atoms with van der Waals surface area (Å²) in [5.74, 6) is -0.421. The molecule has 1 aromatic rings. The highest BCUT2D eigenvalue weighted by molar-refractivity contribution is 5.22. The number of rotatable bonds is 5. The highest BCUT2D eigenvalue weighted by atomic mass is 19.1. The first-order valence-corrected chi connectivity index (χ1v) is 6.23. The lowest BCUT2D eigenvalue weighted by atomic mass is 10.0. The van der Waals surface area contributed by atoms with E-state index in [4.69, 9.17) is 5.73 Å². The molecule has 2 unspecified atom stereocenters. The number of hydrogen-bond acceptors (Lipinski definition) is 2. The summed E-state index contributed by atoms with van der Waals surface area (Å²) in [4.78, 5) is 2.07. The summed E-state index contributed by atoms with van der Waals surface area (Å²) in [6.07, 6.45) is 0. The van der Waals surface area contributed by atoms with E-state index in [-0.39, 0.29) is 5.56 Å². The molecule has 1 rings (SSSR count). The summed E-state index contributed by atoms with van der Waals surface area (Å²) in [6.45, 7) is 6.84. The van der Waals surface area contributed by atoms with E-state index >= 15 is 0 Å². The minimum absolute atomic E-state index is 0.234. The van der Waals surface area contributed by atoms with Gasteiger partial charge in [-0.25, -0.2) is 8.78 Å². The minimum atomic E-state index is -0.521. The second-order valence-corrected chi connectivity index (χ2v) is 5.20. The van der Waals surface area contributed by atoms with Gasteiger partial charge in [-0.1, -0.05) is 13.8 Å². The van der Waals surface area contributed by atoms with Crippen LogP contribution in [0.2, 0.25) is 0 Å². The van der Waals surface area contributed by atoms with Gasteiger partial charge in [0.15, 0.2) is 0 Å². The van der Waals surface area contributed by atoms with Crippen molar-refractivity contribution in [1.29, 1.82) is 0 Å². The van der Waals surface area contributed by atoms with Crippen LogP contribution in [0, 0.1) is 17.6 Å². The maximum Gasteiger partial charge on any atom is 0.128 e. The molecule has 0 amide bonds. The zero-order chi connectivity index (χ0) is 13.9. The standard InChI is InChI=1S/C14H22F2N2/c1-9(2)10(3)18(4)8-14(17)12-7-11(15)5-6-13(12)16/h5-7,9-10,14H,8,17H2,1-4H3. The zero-order valence-corrected chi connectivity index (χ0v) is 11.5. The van der Waals surface area contributed by atoms with Crippen LogP contribution in [0.5, 0.6) is 0 Å². The maximum atomic E-state index is 13.6. The average Bonchev–Trinajstić information content (AvgIpc) is 2.30. The molecule has 2 atom stereocenters. The number of nitrogens with two attached hydrogens (primary N) is 1. The van der Waals surface area contributed by atoms with Gasteiger partial charge in [0.2, 0.25) is 0 Å². The quantitative estimate of drug-likeness (QED) is 0.877. The van der Waals surface area contributed by atoms with Crippen molar-refractivity contribution in [3.05, 3.63) is 35.4 Å². The van der Waals surface area contributed by atoms with Crippen molar-refractivity contribution in [2.45, 2.75) is 32.9 Å². The van der Waals surface area contributed by atoms with E-state index in [0.29, 0.717) is 18.5 Å². The van der Waals surface area contributed by atoms with Crippen molar-refractivity contribution >= 4 is 0 Å². The Balaban J connectivity index is 2.76. The van der Waals surface area contributed by atoms with Gasteiger partial charge in [0, 0.05) is 24.2 Å². The van der Waals surface area contributed by atoms with E-state index in [2.05, 4.69) is 25.7 Å². The Kier molecular flexibility index (Phi) is 5.23. The normalized spacial score (nSPS) is 15.2. The van der Waals surface area contributed by atoms with E-state index in [0.717, 1.165) is 12.1 Å². The van der Waals surface area contributed by atoms with Crippen molar-refractivity contribution in [1.82, 2.24) is 4.90 Å². The number of halogens is 2. The third kappa shape index (κ3) is 3.75. The smallest absolute Gasteiger partial charge is 0.128 e. The molecule has 0 saturated carbocycles. The molecule has 0 aliphatic heterocycles. The van der Waals surface area contributed by atoms with Crippen molar-refractivity contribution in [3.8, 4) is 0 Å². The lowest BCUT2D eigenvalue weighted by Gasteiger charge is -2.30. The first-order chi connectivity index (χ1) is 8.32. The lowest BCUT2D eigenvalue weighted by Crippen LogP contribution is -2.38. The summed E-state index contributed by atoms with van der Waals surface area (Å²) >= 11 is 0. The Bertz CT molecular complexity index is 393. The third-order valence-electron chi connectivity index (χ3n) is 3.50. The van der Waals surface area contributed by atoms with Gasteiger partial charge in [-0.2, -0.15) is 0 Å². The van der Waals surface area contributed by atoms with E-state index < -0.39 is 17.7 Å². The largest absolute Gasteiger partial charge is 0.323 e. The molecular formula is C14H22F2N2. The zero-order valence-electron chi connectivity index (χ0n) is 11.5. The maximum absolute atomic E-state index is 13.6. The Morgan fingerprint density at radius 1 is 1.22 bits per heavy atom. The number of hydrogen-bond donors (Lipinski definition) is 1. The van der Waals surface area contributed by atoms with Crippen LogP contribution < -0.4 is 5.73 Å². The summed E-state index contributed by atoms with van der Waals surface area (Å²) in [5, 5.41) is 0.